The van der Waals surface area contributed by atoms with E-state index in [-0.39, 0.29) is 0 Å². The number of anilines is 1. The van der Waals surface area contributed by atoms with Gasteiger partial charge in [0.15, 0.2) is 0 Å². The first kappa shape index (κ1) is 12.4. The van der Waals surface area contributed by atoms with Gasteiger partial charge in [0.1, 0.15) is 0 Å². The van der Waals surface area contributed by atoms with Gasteiger partial charge in [-0.1, -0.05) is 11.6 Å². The van der Waals surface area contributed by atoms with Gasteiger partial charge in [-0.05, 0) is 31.2 Å². The zero-order chi connectivity index (χ0) is 13.2. The molecular formula is C14H12ClN3S. The molecule has 0 atom stereocenters. The molecule has 0 saturated heterocycles. The largest absolute Gasteiger partial charge is 0.379 e. The van der Waals surface area contributed by atoms with Crippen molar-refractivity contribution in [2.24, 2.45) is 0 Å². The van der Waals surface area contributed by atoms with Gasteiger partial charge < -0.3 is 5.32 Å². The Bertz CT molecular complexity index is 724. The van der Waals surface area contributed by atoms with Crippen molar-refractivity contribution in [3.8, 4) is 0 Å². The molecule has 0 fully saturated rings. The van der Waals surface area contributed by atoms with Gasteiger partial charge in [-0.2, -0.15) is 0 Å². The van der Waals surface area contributed by atoms with Gasteiger partial charge >= 0.3 is 0 Å². The van der Waals surface area contributed by atoms with Crippen LogP contribution in [0.2, 0.25) is 5.02 Å². The van der Waals surface area contributed by atoms with E-state index in [0.717, 1.165) is 28.1 Å². The molecule has 2 aromatic heterocycles. The monoisotopic (exact) mass is 289 g/mol. The normalized spacial score (nSPS) is 10.8. The van der Waals surface area contributed by atoms with E-state index < -0.39 is 0 Å². The lowest BCUT2D eigenvalue weighted by Crippen LogP contribution is -1.98. The van der Waals surface area contributed by atoms with Gasteiger partial charge in [0, 0.05) is 33.4 Å². The minimum atomic E-state index is 0.704. The molecule has 96 valence electrons. The van der Waals surface area contributed by atoms with E-state index in [1.54, 1.807) is 17.5 Å². The van der Waals surface area contributed by atoms with Crippen molar-refractivity contribution in [1.29, 1.82) is 0 Å². The Morgan fingerprint density at radius 1 is 1.26 bits per heavy atom. The Morgan fingerprint density at radius 2 is 2.16 bits per heavy atom. The predicted octanol–water partition coefficient (Wildman–Crippen LogP) is 4.27. The van der Waals surface area contributed by atoms with E-state index in [9.17, 15) is 0 Å². The fraction of sp³-hybridized carbons (Fsp3) is 0.143. The first-order valence-corrected chi connectivity index (χ1v) is 7.11. The number of rotatable bonds is 3. The third-order valence-electron chi connectivity index (χ3n) is 2.83. The summed E-state index contributed by atoms with van der Waals surface area (Å²) < 4.78 is 0. The van der Waals surface area contributed by atoms with E-state index in [1.807, 2.05) is 37.4 Å². The Balaban J connectivity index is 1.88. The average molecular weight is 290 g/mol. The second-order valence-corrected chi connectivity index (χ2v) is 5.97. The molecule has 3 aromatic rings. The molecule has 3 rings (SSSR count). The Kier molecular flexibility index (Phi) is 3.36. The molecule has 0 aliphatic carbocycles. The molecule has 0 saturated carbocycles. The number of halogens is 1. The fourth-order valence-corrected chi connectivity index (χ4v) is 2.85. The van der Waals surface area contributed by atoms with E-state index >= 15 is 0 Å². The minimum absolute atomic E-state index is 0.704. The van der Waals surface area contributed by atoms with Gasteiger partial charge in [0.25, 0.3) is 0 Å². The summed E-state index contributed by atoms with van der Waals surface area (Å²) in [6, 6.07) is 7.72. The lowest BCUT2D eigenvalue weighted by atomic mass is 10.2. The molecule has 0 amide bonds. The number of fused-ring (bicyclic) bond motifs is 1. The predicted molar refractivity (Wildman–Crippen MR) is 80.9 cm³/mol. The standard InChI is InChI=1S/C14H12ClN3S/c1-9-17-7-11(19-9)8-18-13-4-5-16-14-6-10(15)2-3-12(13)14/h2-7H,8H2,1H3,(H,16,18). The molecule has 3 nitrogen and oxygen atoms in total. The summed E-state index contributed by atoms with van der Waals surface area (Å²) in [7, 11) is 0. The van der Waals surface area contributed by atoms with Gasteiger partial charge in [-0.25, -0.2) is 4.98 Å². The van der Waals surface area contributed by atoms with E-state index in [2.05, 4.69) is 15.3 Å². The van der Waals surface area contributed by atoms with Crippen molar-refractivity contribution >= 4 is 39.5 Å². The second-order valence-electron chi connectivity index (χ2n) is 4.22. The summed E-state index contributed by atoms with van der Waals surface area (Å²) in [5.41, 5.74) is 1.96. The number of thiazole rings is 1. The van der Waals surface area contributed by atoms with Gasteiger partial charge in [-0.3, -0.25) is 4.98 Å². The summed E-state index contributed by atoms with van der Waals surface area (Å²) in [5.74, 6) is 0. The van der Waals surface area contributed by atoms with Crippen molar-refractivity contribution < 1.29 is 0 Å². The van der Waals surface area contributed by atoms with E-state index in [0.29, 0.717) is 5.02 Å². The van der Waals surface area contributed by atoms with Crippen LogP contribution in [0.25, 0.3) is 10.9 Å². The molecule has 0 spiro atoms. The number of nitrogens with zero attached hydrogens (tertiary/aromatic N) is 2. The summed E-state index contributed by atoms with van der Waals surface area (Å²) in [4.78, 5) is 9.80. The molecule has 0 aliphatic rings. The highest BCUT2D eigenvalue weighted by Crippen LogP contribution is 2.25. The van der Waals surface area contributed by atoms with Crippen molar-refractivity contribution in [1.82, 2.24) is 9.97 Å². The van der Waals surface area contributed by atoms with Crippen LogP contribution in [0.5, 0.6) is 0 Å². The highest BCUT2D eigenvalue weighted by molar-refractivity contribution is 7.11. The molecule has 5 heteroatoms. The Morgan fingerprint density at radius 3 is 2.95 bits per heavy atom. The van der Waals surface area contributed by atoms with Gasteiger partial charge in [0.2, 0.25) is 0 Å². The maximum absolute atomic E-state index is 5.98. The molecule has 1 N–H and O–H groups in total. The molecule has 0 bridgehead atoms. The summed E-state index contributed by atoms with van der Waals surface area (Å²) in [6.07, 6.45) is 3.70. The molecule has 1 aromatic carbocycles. The van der Waals surface area contributed by atoms with Crippen LogP contribution in [0.4, 0.5) is 5.69 Å². The number of aryl methyl sites for hydroxylation is 1. The van der Waals surface area contributed by atoms with Crippen molar-refractivity contribution in [2.45, 2.75) is 13.5 Å². The number of pyridine rings is 1. The zero-order valence-electron chi connectivity index (χ0n) is 10.4. The second kappa shape index (κ2) is 5.15. The van der Waals surface area contributed by atoms with Gasteiger partial charge in [-0.15, -0.1) is 11.3 Å². The smallest absolute Gasteiger partial charge is 0.0897 e. The lowest BCUT2D eigenvalue weighted by molar-refractivity contribution is 1.17. The zero-order valence-corrected chi connectivity index (χ0v) is 11.9. The quantitative estimate of drug-likeness (QED) is 0.782. The topological polar surface area (TPSA) is 37.8 Å². The van der Waals surface area contributed by atoms with E-state index in [1.165, 1.54) is 4.88 Å². The number of hydrogen-bond acceptors (Lipinski definition) is 4. The lowest BCUT2D eigenvalue weighted by Gasteiger charge is -2.08. The number of hydrogen-bond donors (Lipinski definition) is 1. The highest BCUT2D eigenvalue weighted by atomic mass is 35.5. The van der Waals surface area contributed by atoms with Crippen molar-refractivity contribution in [2.75, 3.05) is 5.32 Å². The summed E-state index contributed by atoms with van der Waals surface area (Å²) >= 11 is 7.68. The fourth-order valence-electron chi connectivity index (χ4n) is 1.94. The van der Waals surface area contributed by atoms with Crippen LogP contribution in [0.3, 0.4) is 0 Å². The van der Waals surface area contributed by atoms with Gasteiger partial charge in [0.05, 0.1) is 17.1 Å². The van der Waals surface area contributed by atoms with Crippen molar-refractivity contribution in [3.63, 3.8) is 0 Å². The SMILES string of the molecule is Cc1ncc(CNc2ccnc3cc(Cl)ccc23)s1. The number of nitrogens with one attached hydrogen (secondary N) is 1. The third-order valence-corrected chi connectivity index (χ3v) is 3.97. The molecule has 0 unspecified atom stereocenters. The number of aromatic nitrogens is 2. The van der Waals surface area contributed by atoms with Crippen LogP contribution in [0, 0.1) is 6.92 Å². The molecule has 0 radical (unpaired) electrons. The van der Waals surface area contributed by atoms with Crippen LogP contribution in [0.1, 0.15) is 9.88 Å². The summed E-state index contributed by atoms with van der Waals surface area (Å²) in [5, 5.41) is 6.29. The van der Waals surface area contributed by atoms with Crippen LogP contribution >= 0.6 is 22.9 Å². The molecular weight excluding hydrogens is 278 g/mol. The first-order valence-electron chi connectivity index (χ1n) is 5.92. The average Bonchev–Trinajstić information content (AvgIpc) is 2.81. The maximum Gasteiger partial charge on any atom is 0.0897 e. The van der Waals surface area contributed by atoms with Crippen molar-refractivity contribution in [3.05, 3.63) is 51.6 Å². The van der Waals surface area contributed by atoms with Crippen LogP contribution in [0.15, 0.2) is 36.7 Å². The third kappa shape index (κ3) is 2.69. The molecule has 2 heterocycles. The summed E-state index contributed by atoms with van der Waals surface area (Å²) in [6.45, 7) is 2.78. The first-order chi connectivity index (χ1) is 9.22. The Hall–Kier alpha value is -1.65. The van der Waals surface area contributed by atoms with Crippen LogP contribution in [-0.4, -0.2) is 9.97 Å². The molecule has 19 heavy (non-hydrogen) atoms. The van der Waals surface area contributed by atoms with E-state index in [4.69, 9.17) is 11.6 Å². The number of benzene rings is 1. The van der Waals surface area contributed by atoms with Crippen LogP contribution in [-0.2, 0) is 6.54 Å². The highest BCUT2D eigenvalue weighted by Gasteiger charge is 2.03. The Labute approximate surface area is 120 Å². The van der Waals surface area contributed by atoms with Crippen LogP contribution < -0.4 is 5.32 Å². The minimum Gasteiger partial charge on any atom is -0.379 e. The molecule has 0 aliphatic heterocycles. The maximum atomic E-state index is 5.98.